The molecule has 0 bridgehead atoms. The molecule has 2 aromatic heterocycles. The van der Waals surface area contributed by atoms with Gasteiger partial charge in [-0.15, -0.1) is 0 Å². The summed E-state index contributed by atoms with van der Waals surface area (Å²) in [4.78, 5) is 4.20. The number of ether oxygens (including phenoxy) is 1. The van der Waals surface area contributed by atoms with Gasteiger partial charge in [0.25, 0.3) is 0 Å². The number of nitrogens with zero attached hydrogens (tertiary/aromatic N) is 3. The maximum Gasteiger partial charge on any atom is 0.222 e. The third-order valence-corrected chi connectivity index (χ3v) is 2.68. The first kappa shape index (κ1) is 11.6. The highest BCUT2D eigenvalue weighted by Gasteiger charge is 2.07. The average molecular weight is 258 g/mol. The van der Waals surface area contributed by atoms with Crippen molar-refractivity contribution in [1.82, 2.24) is 14.6 Å². The topological polar surface area (TPSA) is 65.4 Å². The molecular weight excluding hydrogens is 247 g/mol. The molecule has 2 N–H and O–H groups in total. The standard InChI is InChI=1S/C13H11FN4O/c14-10-7-9(8-15)1-2-11(10)19-13-4-6-18-12(17-13)3-5-16-18/h1-7H,8,15H2. The molecule has 19 heavy (non-hydrogen) atoms. The van der Waals surface area contributed by atoms with Gasteiger partial charge in [0.1, 0.15) is 0 Å². The van der Waals surface area contributed by atoms with E-state index in [1.807, 2.05) is 0 Å². The Morgan fingerprint density at radius 3 is 2.95 bits per heavy atom. The van der Waals surface area contributed by atoms with Crippen molar-refractivity contribution in [2.24, 2.45) is 5.73 Å². The van der Waals surface area contributed by atoms with Crippen LogP contribution in [0.1, 0.15) is 5.56 Å². The minimum atomic E-state index is -0.460. The predicted molar refractivity (Wildman–Crippen MR) is 67.4 cm³/mol. The SMILES string of the molecule is NCc1ccc(Oc2ccn3nccc3n2)c(F)c1. The van der Waals surface area contributed by atoms with Crippen molar-refractivity contribution in [3.05, 3.63) is 54.1 Å². The highest BCUT2D eigenvalue weighted by molar-refractivity contribution is 5.39. The lowest BCUT2D eigenvalue weighted by atomic mass is 10.2. The van der Waals surface area contributed by atoms with Gasteiger partial charge in [0.05, 0.1) is 6.20 Å². The van der Waals surface area contributed by atoms with Crippen LogP contribution in [0.3, 0.4) is 0 Å². The van der Waals surface area contributed by atoms with Gasteiger partial charge in [0.2, 0.25) is 5.88 Å². The van der Waals surface area contributed by atoms with Crippen molar-refractivity contribution in [3.63, 3.8) is 0 Å². The van der Waals surface area contributed by atoms with Crippen molar-refractivity contribution >= 4 is 5.65 Å². The Bertz CT molecular complexity index is 725. The second-order valence-corrected chi connectivity index (χ2v) is 3.97. The molecule has 0 fully saturated rings. The fraction of sp³-hybridized carbons (Fsp3) is 0.0769. The van der Waals surface area contributed by atoms with Crippen molar-refractivity contribution in [3.8, 4) is 11.6 Å². The van der Waals surface area contributed by atoms with Gasteiger partial charge in [0.15, 0.2) is 17.2 Å². The lowest BCUT2D eigenvalue weighted by Crippen LogP contribution is -1.98. The smallest absolute Gasteiger partial charge is 0.222 e. The predicted octanol–water partition coefficient (Wildman–Crippen LogP) is 2.12. The van der Waals surface area contributed by atoms with E-state index < -0.39 is 5.82 Å². The van der Waals surface area contributed by atoms with E-state index in [0.717, 1.165) is 0 Å². The number of halogens is 1. The molecule has 1 aromatic carbocycles. The minimum Gasteiger partial charge on any atom is -0.436 e. The maximum absolute atomic E-state index is 13.8. The van der Waals surface area contributed by atoms with E-state index in [9.17, 15) is 4.39 Å². The minimum absolute atomic E-state index is 0.119. The van der Waals surface area contributed by atoms with Crippen LogP contribution in [0.5, 0.6) is 11.6 Å². The molecule has 5 nitrogen and oxygen atoms in total. The number of rotatable bonds is 3. The van der Waals surface area contributed by atoms with Crippen molar-refractivity contribution < 1.29 is 9.13 Å². The van der Waals surface area contributed by atoms with Gasteiger partial charge < -0.3 is 10.5 Å². The molecule has 0 aliphatic heterocycles. The van der Waals surface area contributed by atoms with Crippen molar-refractivity contribution in [2.45, 2.75) is 6.54 Å². The Labute approximate surface area is 108 Å². The third-order valence-electron chi connectivity index (χ3n) is 2.68. The lowest BCUT2D eigenvalue weighted by molar-refractivity contribution is 0.427. The zero-order chi connectivity index (χ0) is 13.2. The monoisotopic (exact) mass is 258 g/mol. The second-order valence-electron chi connectivity index (χ2n) is 3.97. The zero-order valence-electron chi connectivity index (χ0n) is 9.95. The molecule has 0 amide bonds. The van der Waals surface area contributed by atoms with Crippen LogP contribution in [0, 0.1) is 5.82 Å². The van der Waals surface area contributed by atoms with Crippen molar-refractivity contribution in [2.75, 3.05) is 0 Å². The molecule has 2 heterocycles. The van der Waals surface area contributed by atoms with Gasteiger partial charge in [0, 0.05) is 24.9 Å². The molecule has 0 saturated carbocycles. The molecule has 0 aliphatic rings. The maximum atomic E-state index is 13.8. The van der Waals surface area contributed by atoms with E-state index in [1.165, 1.54) is 6.07 Å². The number of benzene rings is 1. The molecule has 3 rings (SSSR count). The third kappa shape index (κ3) is 2.25. The number of hydrogen-bond acceptors (Lipinski definition) is 4. The summed E-state index contributed by atoms with van der Waals surface area (Å²) in [5, 5.41) is 4.02. The van der Waals surface area contributed by atoms with Crippen LogP contribution in [-0.2, 0) is 6.54 Å². The van der Waals surface area contributed by atoms with Crippen molar-refractivity contribution in [1.29, 1.82) is 0 Å². The molecule has 3 aromatic rings. The number of fused-ring (bicyclic) bond motifs is 1. The highest BCUT2D eigenvalue weighted by atomic mass is 19.1. The van der Waals surface area contributed by atoms with E-state index in [2.05, 4.69) is 10.1 Å². The van der Waals surface area contributed by atoms with E-state index in [1.54, 1.807) is 41.2 Å². The first-order valence-corrected chi connectivity index (χ1v) is 5.73. The zero-order valence-corrected chi connectivity index (χ0v) is 9.95. The van der Waals surface area contributed by atoms with E-state index in [0.29, 0.717) is 17.1 Å². The first-order valence-electron chi connectivity index (χ1n) is 5.73. The van der Waals surface area contributed by atoms with E-state index in [-0.39, 0.29) is 12.3 Å². The van der Waals surface area contributed by atoms with Gasteiger partial charge in [-0.25, -0.2) is 8.91 Å². The van der Waals surface area contributed by atoms with Crippen LogP contribution < -0.4 is 10.5 Å². The summed E-state index contributed by atoms with van der Waals surface area (Å²) in [6.07, 6.45) is 3.33. The largest absolute Gasteiger partial charge is 0.436 e. The fourth-order valence-corrected chi connectivity index (χ4v) is 1.72. The molecule has 0 atom stereocenters. The summed E-state index contributed by atoms with van der Waals surface area (Å²) < 4.78 is 20.8. The van der Waals surface area contributed by atoms with Crippen LogP contribution >= 0.6 is 0 Å². The van der Waals surface area contributed by atoms with Crippen LogP contribution in [0.25, 0.3) is 5.65 Å². The van der Waals surface area contributed by atoms with E-state index in [4.69, 9.17) is 10.5 Å². The molecule has 0 radical (unpaired) electrons. The molecule has 96 valence electrons. The highest BCUT2D eigenvalue weighted by Crippen LogP contribution is 2.24. The van der Waals surface area contributed by atoms with Crippen LogP contribution in [-0.4, -0.2) is 14.6 Å². The van der Waals surface area contributed by atoms with E-state index >= 15 is 0 Å². The number of aromatic nitrogens is 3. The molecule has 0 unspecified atom stereocenters. The summed E-state index contributed by atoms with van der Waals surface area (Å²) in [5.41, 5.74) is 6.79. The lowest BCUT2D eigenvalue weighted by Gasteiger charge is -2.07. The Kier molecular flexibility index (Phi) is 2.85. The summed E-state index contributed by atoms with van der Waals surface area (Å²) in [6.45, 7) is 0.289. The quantitative estimate of drug-likeness (QED) is 0.781. The van der Waals surface area contributed by atoms with Gasteiger partial charge in [-0.2, -0.15) is 10.1 Å². The Morgan fingerprint density at radius 1 is 1.26 bits per heavy atom. The Balaban J connectivity index is 1.91. The first-order chi connectivity index (χ1) is 9.26. The molecular formula is C13H11FN4O. The number of nitrogens with two attached hydrogens (primary N) is 1. The fourth-order valence-electron chi connectivity index (χ4n) is 1.72. The molecule has 0 aliphatic carbocycles. The summed E-state index contributed by atoms with van der Waals surface area (Å²) >= 11 is 0. The second kappa shape index (κ2) is 4.66. The van der Waals surface area contributed by atoms with Crippen LogP contribution in [0.15, 0.2) is 42.7 Å². The Morgan fingerprint density at radius 2 is 2.16 bits per heavy atom. The molecule has 0 spiro atoms. The molecule has 6 heteroatoms. The average Bonchev–Trinajstić information content (AvgIpc) is 2.88. The summed E-state index contributed by atoms with van der Waals surface area (Å²) in [7, 11) is 0. The van der Waals surface area contributed by atoms with Gasteiger partial charge in [-0.3, -0.25) is 0 Å². The summed E-state index contributed by atoms with van der Waals surface area (Å²) in [6, 6.07) is 7.97. The van der Waals surface area contributed by atoms with Crippen LogP contribution in [0.4, 0.5) is 4.39 Å². The normalized spacial score (nSPS) is 10.8. The number of hydrogen-bond donors (Lipinski definition) is 1. The summed E-state index contributed by atoms with van der Waals surface area (Å²) in [5.74, 6) is -0.0286. The van der Waals surface area contributed by atoms with Crippen LogP contribution in [0.2, 0.25) is 0 Å². The van der Waals surface area contributed by atoms with Gasteiger partial charge in [-0.1, -0.05) is 6.07 Å². The van der Waals surface area contributed by atoms with Gasteiger partial charge >= 0.3 is 0 Å². The Hall–Kier alpha value is -2.47. The van der Waals surface area contributed by atoms with Gasteiger partial charge in [-0.05, 0) is 17.7 Å². The molecule has 0 saturated heterocycles.